The topological polar surface area (TPSA) is 32.7 Å². The second-order valence-electron chi connectivity index (χ2n) is 5.73. The fraction of sp³-hybridized carbons (Fsp3) is 0.571. The number of fused-ring (bicyclic) bond motifs is 1. The highest BCUT2D eigenvalue weighted by Gasteiger charge is 2.55. The highest BCUT2D eigenvalue weighted by atomic mass is 19.1. The molecule has 1 aliphatic rings. The molecular formula is C14H20FNO2. The minimum Gasteiger partial charge on any atom is -0.496 e. The van der Waals surface area contributed by atoms with Gasteiger partial charge in [0.25, 0.3) is 0 Å². The van der Waals surface area contributed by atoms with Gasteiger partial charge in [-0.25, -0.2) is 4.39 Å². The van der Waals surface area contributed by atoms with Gasteiger partial charge in [0.2, 0.25) is 0 Å². The molecule has 1 aromatic carbocycles. The van der Waals surface area contributed by atoms with E-state index in [0.717, 1.165) is 0 Å². The van der Waals surface area contributed by atoms with E-state index in [2.05, 4.69) is 0 Å². The molecule has 3 nitrogen and oxygen atoms in total. The van der Waals surface area contributed by atoms with Crippen LogP contribution in [0.4, 0.5) is 4.39 Å². The Hall–Kier alpha value is -1.13. The first-order chi connectivity index (χ1) is 8.25. The van der Waals surface area contributed by atoms with Crippen molar-refractivity contribution in [1.82, 2.24) is 4.90 Å². The molecule has 0 heterocycles. The molecule has 1 atom stereocenters. The number of benzene rings is 1. The smallest absolute Gasteiger partial charge is 0.153 e. The summed E-state index contributed by atoms with van der Waals surface area (Å²) in [7, 11) is 5.12. The Balaban J connectivity index is 2.77. The molecule has 1 aromatic rings. The summed E-state index contributed by atoms with van der Waals surface area (Å²) < 4.78 is 19.3. The zero-order valence-corrected chi connectivity index (χ0v) is 11.5. The van der Waals surface area contributed by atoms with Gasteiger partial charge in [-0.2, -0.15) is 0 Å². The van der Waals surface area contributed by atoms with Crippen LogP contribution in [-0.2, 0) is 12.1 Å². The van der Waals surface area contributed by atoms with Gasteiger partial charge < -0.3 is 9.84 Å². The van der Waals surface area contributed by atoms with Crippen molar-refractivity contribution in [2.24, 2.45) is 5.41 Å². The molecule has 0 aliphatic heterocycles. The first-order valence-corrected chi connectivity index (χ1v) is 6.01. The maximum absolute atomic E-state index is 14.0. The molecule has 0 saturated heterocycles. The highest BCUT2D eigenvalue weighted by Crippen LogP contribution is 2.54. The van der Waals surface area contributed by atoms with E-state index in [0.29, 0.717) is 23.3 Å². The Kier molecular flexibility index (Phi) is 2.91. The van der Waals surface area contributed by atoms with E-state index in [4.69, 9.17) is 4.74 Å². The quantitative estimate of drug-likeness (QED) is 0.820. The van der Waals surface area contributed by atoms with E-state index in [9.17, 15) is 9.50 Å². The van der Waals surface area contributed by atoms with Crippen LogP contribution in [0.25, 0.3) is 0 Å². The molecule has 1 N–H and O–H groups in total. The number of halogens is 1. The van der Waals surface area contributed by atoms with Crippen LogP contribution < -0.4 is 4.74 Å². The molecule has 1 unspecified atom stereocenters. The lowest BCUT2D eigenvalue weighted by Gasteiger charge is -2.42. The van der Waals surface area contributed by atoms with Crippen molar-refractivity contribution >= 4 is 0 Å². The predicted octanol–water partition coefficient (Wildman–Crippen LogP) is 2.12. The maximum Gasteiger partial charge on any atom is 0.153 e. The molecule has 0 saturated carbocycles. The summed E-state index contributed by atoms with van der Waals surface area (Å²) in [6, 6.07) is 2.97. The van der Waals surface area contributed by atoms with Crippen molar-refractivity contribution in [3.05, 3.63) is 29.1 Å². The van der Waals surface area contributed by atoms with Crippen molar-refractivity contribution < 1.29 is 14.2 Å². The zero-order valence-electron chi connectivity index (χ0n) is 11.5. The molecular weight excluding hydrogens is 233 g/mol. The monoisotopic (exact) mass is 253 g/mol. The van der Waals surface area contributed by atoms with Crippen LogP contribution in [0.15, 0.2) is 12.1 Å². The predicted molar refractivity (Wildman–Crippen MR) is 68.0 cm³/mol. The minimum absolute atomic E-state index is 0.281. The van der Waals surface area contributed by atoms with E-state index in [-0.39, 0.29) is 5.82 Å². The van der Waals surface area contributed by atoms with Crippen molar-refractivity contribution in [2.45, 2.75) is 26.0 Å². The third-order valence-electron chi connectivity index (χ3n) is 4.00. The molecule has 2 rings (SSSR count). The number of methoxy groups -OCH3 is 1. The van der Waals surface area contributed by atoms with Crippen molar-refractivity contribution in [3.8, 4) is 5.75 Å². The fourth-order valence-electron chi connectivity index (χ4n) is 3.06. The summed E-state index contributed by atoms with van der Waals surface area (Å²) in [4.78, 5) is 1.72. The maximum atomic E-state index is 14.0. The lowest BCUT2D eigenvalue weighted by molar-refractivity contribution is -0.164. The average molecular weight is 253 g/mol. The highest BCUT2D eigenvalue weighted by molar-refractivity contribution is 5.50. The number of hydrogen-bond donors (Lipinski definition) is 1. The molecule has 18 heavy (non-hydrogen) atoms. The molecule has 0 aromatic heterocycles. The second-order valence-corrected chi connectivity index (χ2v) is 5.73. The largest absolute Gasteiger partial charge is 0.496 e. The third kappa shape index (κ3) is 1.49. The zero-order chi connectivity index (χ0) is 13.7. The lowest BCUT2D eigenvalue weighted by Crippen LogP contribution is -2.50. The Morgan fingerprint density at radius 1 is 1.33 bits per heavy atom. The molecule has 100 valence electrons. The minimum atomic E-state index is -1.23. The van der Waals surface area contributed by atoms with Gasteiger partial charge in [-0.3, -0.25) is 4.90 Å². The van der Waals surface area contributed by atoms with Gasteiger partial charge >= 0.3 is 0 Å². The van der Waals surface area contributed by atoms with Crippen LogP contribution >= 0.6 is 0 Å². The van der Waals surface area contributed by atoms with Gasteiger partial charge in [-0.15, -0.1) is 0 Å². The molecule has 4 heteroatoms. The normalized spacial score (nSPS) is 25.3. The number of hydrogen-bond acceptors (Lipinski definition) is 3. The van der Waals surface area contributed by atoms with Gasteiger partial charge in [-0.05, 0) is 38.2 Å². The van der Waals surface area contributed by atoms with E-state index in [1.165, 1.54) is 13.2 Å². The number of rotatable bonds is 2. The van der Waals surface area contributed by atoms with Crippen LogP contribution in [0.5, 0.6) is 5.75 Å². The molecule has 1 aliphatic carbocycles. The Morgan fingerprint density at radius 2 is 1.94 bits per heavy atom. The van der Waals surface area contributed by atoms with E-state index < -0.39 is 11.1 Å². The van der Waals surface area contributed by atoms with E-state index in [1.54, 1.807) is 25.1 Å². The summed E-state index contributed by atoms with van der Waals surface area (Å²) in [5, 5.41) is 11.1. The van der Waals surface area contributed by atoms with Gasteiger partial charge in [-0.1, -0.05) is 13.8 Å². The SMILES string of the molecule is COc1ccc(F)c2c1C(O)(N(C)C)C(C)(C)C2. The Morgan fingerprint density at radius 3 is 2.44 bits per heavy atom. The number of aliphatic hydroxyl groups is 1. The van der Waals surface area contributed by atoms with Crippen molar-refractivity contribution in [3.63, 3.8) is 0 Å². The molecule has 0 amide bonds. The Labute approximate surface area is 107 Å². The molecule has 0 spiro atoms. The van der Waals surface area contributed by atoms with Gasteiger partial charge in [0, 0.05) is 11.0 Å². The van der Waals surface area contributed by atoms with Crippen LogP contribution in [0.1, 0.15) is 25.0 Å². The van der Waals surface area contributed by atoms with Crippen LogP contribution in [0, 0.1) is 11.2 Å². The summed E-state index contributed by atoms with van der Waals surface area (Å²) in [5.41, 5.74) is -0.597. The summed E-state index contributed by atoms with van der Waals surface area (Å²) in [5.74, 6) is 0.254. The van der Waals surface area contributed by atoms with Crippen molar-refractivity contribution in [1.29, 1.82) is 0 Å². The number of nitrogens with zero attached hydrogens (tertiary/aromatic N) is 1. The fourth-order valence-corrected chi connectivity index (χ4v) is 3.06. The summed E-state index contributed by atoms with van der Waals surface area (Å²) in [6.07, 6.45) is 0.486. The first kappa shape index (κ1) is 13.3. The average Bonchev–Trinajstić information content (AvgIpc) is 2.51. The second kappa shape index (κ2) is 3.93. The van der Waals surface area contributed by atoms with Crippen molar-refractivity contribution in [2.75, 3.05) is 21.2 Å². The molecule has 0 fully saturated rings. The first-order valence-electron chi connectivity index (χ1n) is 6.01. The van der Waals surface area contributed by atoms with Crippen LogP contribution in [0.2, 0.25) is 0 Å². The lowest BCUT2D eigenvalue weighted by atomic mass is 9.81. The van der Waals surface area contributed by atoms with Crippen LogP contribution in [0.3, 0.4) is 0 Å². The van der Waals surface area contributed by atoms with E-state index >= 15 is 0 Å². The van der Waals surface area contributed by atoms with E-state index in [1.807, 2.05) is 13.8 Å². The van der Waals surface area contributed by atoms with Gasteiger partial charge in [0.15, 0.2) is 5.72 Å². The number of ether oxygens (including phenoxy) is 1. The molecule has 0 radical (unpaired) electrons. The third-order valence-corrected chi connectivity index (χ3v) is 4.00. The summed E-state index contributed by atoms with van der Waals surface area (Å²) in [6.45, 7) is 3.87. The van der Waals surface area contributed by atoms with Crippen LogP contribution in [-0.4, -0.2) is 31.2 Å². The van der Waals surface area contributed by atoms with Gasteiger partial charge in [0.05, 0.1) is 7.11 Å². The molecule has 0 bridgehead atoms. The summed E-state index contributed by atoms with van der Waals surface area (Å²) >= 11 is 0. The Bertz CT molecular complexity index is 485. The standard InChI is InChI=1S/C14H20FNO2/c1-13(2)8-9-10(15)6-7-11(18-5)12(9)14(13,17)16(3)4/h6-7,17H,8H2,1-5H3. The van der Waals surface area contributed by atoms with Gasteiger partial charge in [0.1, 0.15) is 11.6 Å².